The van der Waals surface area contributed by atoms with Gasteiger partial charge in [0.2, 0.25) is 5.28 Å². The number of nitrogens with zero attached hydrogens (tertiary/aromatic N) is 4. The van der Waals surface area contributed by atoms with Crippen LogP contribution in [-0.2, 0) is 0 Å². The molecule has 1 fully saturated rings. The van der Waals surface area contributed by atoms with Crippen LogP contribution in [0.15, 0.2) is 6.07 Å². The predicted molar refractivity (Wildman–Crippen MR) is 69.9 cm³/mol. The van der Waals surface area contributed by atoms with Gasteiger partial charge in [0.25, 0.3) is 0 Å². The molecular formula is C10H12Cl2N4O3. The minimum absolute atomic E-state index is 0.0721. The zero-order valence-electron chi connectivity index (χ0n) is 11.6. The van der Waals surface area contributed by atoms with Crippen molar-refractivity contribution in [3.63, 3.8) is 0 Å². The Hall–Kier alpha value is -1.31. The third-order valence-electron chi connectivity index (χ3n) is 2.75. The van der Waals surface area contributed by atoms with Crippen molar-refractivity contribution in [1.29, 1.82) is 0 Å². The van der Waals surface area contributed by atoms with Gasteiger partial charge in [-0.1, -0.05) is 11.6 Å². The molecule has 0 spiro atoms. The average molecular weight is 309 g/mol. The van der Waals surface area contributed by atoms with Gasteiger partial charge in [0.1, 0.15) is 11.0 Å². The van der Waals surface area contributed by atoms with E-state index in [4.69, 9.17) is 31.0 Å². The zero-order valence-corrected chi connectivity index (χ0v) is 11.1. The van der Waals surface area contributed by atoms with Gasteiger partial charge in [-0.15, -0.1) is 0 Å². The summed E-state index contributed by atoms with van der Waals surface area (Å²) in [6.45, 7) is -2.56. The van der Waals surface area contributed by atoms with Crippen LogP contribution in [-0.4, -0.2) is 63.4 Å². The number of carbonyl (C=O) groups is 1. The highest BCUT2D eigenvalue weighted by atomic mass is 35.5. The summed E-state index contributed by atoms with van der Waals surface area (Å²) in [6, 6.07) is 0.243. The summed E-state index contributed by atoms with van der Waals surface area (Å²) in [5.41, 5.74) is 0. The lowest BCUT2D eigenvalue weighted by molar-refractivity contribution is 0.124. The monoisotopic (exact) mass is 308 g/mol. The Morgan fingerprint density at radius 2 is 2.26 bits per heavy atom. The predicted octanol–water partition coefficient (Wildman–Crippen LogP) is 0.944. The van der Waals surface area contributed by atoms with E-state index in [0.29, 0.717) is 0 Å². The molecule has 2 rings (SSSR count). The van der Waals surface area contributed by atoms with Crippen molar-refractivity contribution in [3.8, 4) is 0 Å². The summed E-state index contributed by atoms with van der Waals surface area (Å²) in [4.78, 5) is 21.1. The molecule has 0 aliphatic carbocycles. The quantitative estimate of drug-likeness (QED) is 0.624. The summed E-state index contributed by atoms with van der Waals surface area (Å²) in [5, 5.41) is 18.6. The van der Waals surface area contributed by atoms with Crippen molar-refractivity contribution >= 4 is 35.1 Å². The van der Waals surface area contributed by atoms with Gasteiger partial charge in [-0.05, 0) is 11.6 Å². The number of anilines is 1. The number of halogens is 2. The molecule has 7 nitrogen and oxygen atoms in total. The Morgan fingerprint density at radius 1 is 1.53 bits per heavy atom. The molecule has 0 saturated carbocycles. The summed E-state index contributed by atoms with van der Waals surface area (Å²) in [6.07, 6.45) is -1.18. The Balaban J connectivity index is 2.34. The Bertz CT molecular complexity index is 537. The van der Waals surface area contributed by atoms with Gasteiger partial charge in [0, 0.05) is 25.7 Å². The van der Waals surface area contributed by atoms with Gasteiger partial charge in [-0.2, -0.15) is 0 Å². The molecule has 1 aliphatic heterocycles. The van der Waals surface area contributed by atoms with E-state index < -0.39 is 18.7 Å². The number of hydrogen-bond acceptors (Lipinski definition) is 5. The number of aromatic nitrogens is 2. The molecule has 2 heterocycles. The molecule has 1 saturated heterocycles. The Kier molecular flexibility index (Phi) is 3.49. The Labute approximate surface area is 122 Å². The fourth-order valence-electron chi connectivity index (χ4n) is 1.87. The number of amides is 1. The molecule has 0 aromatic carbocycles. The average Bonchev–Trinajstić information content (AvgIpc) is 2.35. The lowest BCUT2D eigenvalue weighted by Gasteiger charge is -2.40. The van der Waals surface area contributed by atoms with E-state index in [-0.39, 0.29) is 35.9 Å². The third-order valence-corrected chi connectivity index (χ3v) is 3.11. The summed E-state index contributed by atoms with van der Waals surface area (Å²) < 4.78 is 15.0. The zero-order chi connectivity index (χ0) is 15.8. The first-order valence-corrected chi connectivity index (χ1v) is 6.11. The van der Waals surface area contributed by atoms with E-state index in [1.54, 1.807) is 0 Å². The van der Waals surface area contributed by atoms with Crippen LogP contribution in [0, 0.1) is 0 Å². The van der Waals surface area contributed by atoms with Crippen LogP contribution in [0.2, 0.25) is 10.4 Å². The molecule has 1 aromatic heterocycles. The maximum Gasteiger partial charge on any atom is 0.407 e. The highest BCUT2D eigenvalue weighted by Gasteiger charge is 2.30. The molecule has 2 N–H and O–H groups in total. The number of rotatable bonds is 2. The second kappa shape index (κ2) is 5.77. The summed E-state index contributed by atoms with van der Waals surface area (Å²) in [7, 11) is 0. The van der Waals surface area contributed by atoms with E-state index >= 15 is 0 Å². The maximum absolute atomic E-state index is 11.0. The normalized spacial score (nSPS) is 21.9. The number of hydrogen-bond donors (Lipinski definition) is 2. The second-order valence-corrected chi connectivity index (χ2v) is 4.61. The van der Waals surface area contributed by atoms with Crippen LogP contribution in [0.25, 0.3) is 0 Å². The highest BCUT2D eigenvalue weighted by Crippen LogP contribution is 2.22. The standard InChI is InChI=1S/C10H12Cl2N4O3/c11-7-3-8(14-9(12)13-7)16-2-1-15(10(18)19)4-6(16)5-17/h3,6,17H,1-2,4-5H2,(H,18,19)/i5D2. The number of carboxylic acid groups (broad SMARTS) is 1. The first kappa shape index (κ1) is 11.5. The molecular weight excluding hydrogens is 295 g/mol. The SMILES string of the molecule is [2H]C([2H])(O)C1CN(C(=O)O)CCN1c1cc(Cl)nc(Cl)n1. The molecule has 1 aliphatic rings. The number of aliphatic hydroxyl groups is 1. The summed E-state index contributed by atoms with van der Waals surface area (Å²) in [5.74, 6) is 0.230. The smallest absolute Gasteiger partial charge is 0.407 e. The second-order valence-electron chi connectivity index (χ2n) is 3.88. The third kappa shape index (κ3) is 3.17. The minimum atomic E-state index is -2.63. The molecule has 1 atom stereocenters. The summed E-state index contributed by atoms with van der Waals surface area (Å²) >= 11 is 11.5. The van der Waals surface area contributed by atoms with Gasteiger partial charge in [0.05, 0.1) is 15.3 Å². The molecule has 9 heteroatoms. The molecule has 0 bridgehead atoms. The fraction of sp³-hybridized carbons (Fsp3) is 0.500. The van der Waals surface area contributed by atoms with Crippen molar-refractivity contribution in [2.24, 2.45) is 0 Å². The topological polar surface area (TPSA) is 89.8 Å². The van der Waals surface area contributed by atoms with Crippen LogP contribution in [0.4, 0.5) is 10.6 Å². The molecule has 19 heavy (non-hydrogen) atoms. The highest BCUT2D eigenvalue weighted by molar-refractivity contribution is 6.32. The van der Waals surface area contributed by atoms with E-state index in [0.717, 1.165) is 4.90 Å². The maximum atomic E-state index is 11.0. The van der Waals surface area contributed by atoms with Gasteiger partial charge in [-0.25, -0.2) is 14.8 Å². The molecule has 0 radical (unpaired) electrons. The first-order chi connectivity index (χ1) is 9.68. The van der Waals surface area contributed by atoms with Crippen LogP contribution >= 0.6 is 23.2 Å². The first-order valence-electron chi connectivity index (χ1n) is 6.35. The van der Waals surface area contributed by atoms with Gasteiger partial charge in [-0.3, -0.25) is 0 Å². The van der Waals surface area contributed by atoms with Crippen molar-refractivity contribution in [2.45, 2.75) is 6.04 Å². The van der Waals surface area contributed by atoms with E-state index in [2.05, 4.69) is 9.97 Å². The number of piperazine rings is 1. The van der Waals surface area contributed by atoms with Crippen LogP contribution in [0.5, 0.6) is 0 Å². The molecule has 1 aromatic rings. The van der Waals surface area contributed by atoms with Gasteiger partial charge < -0.3 is 20.0 Å². The van der Waals surface area contributed by atoms with Crippen molar-refractivity contribution < 1.29 is 17.7 Å². The van der Waals surface area contributed by atoms with Crippen molar-refractivity contribution in [1.82, 2.24) is 14.9 Å². The van der Waals surface area contributed by atoms with Crippen LogP contribution < -0.4 is 4.90 Å². The largest absolute Gasteiger partial charge is 0.465 e. The van der Waals surface area contributed by atoms with E-state index in [1.165, 1.54) is 11.0 Å². The van der Waals surface area contributed by atoms with E-state index in [9.17, 15) is 9.90 Å². The molecule has 1 amide bonds. The Morgan fingerprint density at radius 3 is 2.84 bits per heavy atom. The van der Waals surface area contributed by atoms with Crippen molar-refractivity contribution in [3.05, 3.63) is 16.5 Å². The van der Waals surface area contributed by atoms with Gasteiger partial charge in [0.15, 0.2) is 0 Å². The van der Waals surface area contributed by atoms with Crippen LogP contribution in [0.3, 0.4) is 0 Å². The lowest BCUT2D eigenvalue weighted by Crippen LogP contribution is -2.56. The van der Waals surface area contributed by atoms with Crippen molar-refractivity contribution in [2.75, 3.05) is 31.1 Å². The molecule has 104 valence electrons. The van der Waals surface area contributed by atoms with Gasteiger partial charge >= 0.3 is 6.09 Å². The van der Waals surface area contributed by atoms with Crippen LogP contribution in [0.1, 0.15) is 2.74 Å². The fourth-order valence-corrected chi connectivity index (χ4v) is 2.27. The van der Waals surface area contributed by atoms with E-state index in [1.807, 2.05) is 0 Å². The minimum Gasteiger partial charge on any atom is -0.465 e. The molecule has 1 unspecified atom stereocenters. The lowest BCUT2D eigenvalue weighted by atomic mass is 10.2.